The van der Waals surface area contributed by atoms with Gasteiger partial charge in [0, 0.05) is 77.3 Å². The van der Waals surface area contributed by atoms with Crippen LogP contribution in [0.1, 0.15) is 23.7 Å². The lowest BCUT2D eigenvalue weighted by Gasteiger charge is -2.27. The van der Waals surface area contributed by atoms with Crippen molar-refractivity contribution in [1.82, 2.24) is 0 Å². The average Bonchev–Trinajstić information content (AvgIpc) is 4.26. The van der Waals surface area contributed by atoms with Gasteiger partial charge in [0.25, 0.3) is 0 Å². The van der Waals surface area contributed by atoms with Crippen LogP contribution in [0.15, 0.2) is 191 Å². The van der Waals surface area contributed by atoms with Gasteiger partial charge in [0.05, 0.1) is 47.2 Å². The Morgan fingerprint density at radius 2 is 0.750 bits per heavy atom. The Hall–Kier alpha value is -7.28. The van der Waals surface area contributed by atoms with E-state index in [9.17, 15) is 0 Å². The van der Waals surface area contributed by atoms with Crippen LogP contribution in [0.2, 0.25) is 0 Å². The molecule has 0 unspecified atom stereocenters. The molecule has 330 valence electrons. The number of nitrogens with zero attached hydrogens (tertiary/aromatic N) is 2. The maximum Gasteiger partial charge on any atom is 0.184 e. The second kappa shape index (κ2) is 16.2. The normalized spacial score (nSPS) is 14.8. The molecule has 2 aliphatic rings. The number of hydrogen-bond donors (Lipinski definition) is 0. The van der Waals surface area contributed by atoms with Gasteiger partial charge in [-0.25, -0.2) is 0 Å². The van der Waals surface area contributed by atoms with Crippen LogP contribution < -0.4 is 9.80 Å². The number of benzene rings is 8. The maximum atomic E-state index is 6.59. The van der Waals surface area contributed by atoms with Crippen molar-refractivity contribution >= 4 is 121 Å². The fourth-order valence-corrected chi connectivity index (χ4v) is 12.2. The number of furan rings is 2. The van der Waals surface area contributed by atoms with Crippen molar-refractivity contribution in [3.63, 3.8) is 0 Å². The Morgan fingerprint density at radius 1 is 0.353 bits per heavy atom. The summed E-state index contributed by atoms with van der Waals surface area (Å²) in [5, 5.41) is 6.84. The highest BCUT2D eigenvalue weighted by Gasteiger charge is 2.25. The quantitative estimate of drug-likeness (QED) is 0.142. The molecule has 0 radical (unpaired) electrons. The van der Waals surface area contributed by atoms with Gasteiger partial charge in [-0.05, 0) is 83.6 Å². The van der Waals surface area contributed by atoms with Gasteiger partial charge in [-0.1, -0.05) is 97.1 Å². The van der Waals surface area contributed by atoms with Gasteiger partial charge in [0.1, 0.15) is 22.3 Å². The molecule has 12 aromatic rings. The third kappa shape index (κ3) is 6.71. The number of rotatable bonds is 9. The first-order valence-electron chi connectivity index (χ1n) is 22.8. The van der Waals surface area contributed by atoms with Gasteiger partial charge in [-0.2, -0.15) is 0 Å². The van der Waals surface area contributed by atoms with E-state index in [4.69, 9.17) is 27.8 Å². The van der Waals surface area contributed by atoms with E-state index in [2.05, 4.69) is 192 Å². The predicted molar refractivity (Wildman–Crippen MR) is 276 cm³/mol. The molecule has 4 aromatic heterocycles. The summed E-state index contributed by atoms with van der Waals surface area (Å²) in [7, 11) is 0. The molecule has 8 aromatic carbocycles. The summed E-state index contributed by atoms with van der Waals surface area (Å²) in [6, 6.07) is 64.5. The zero-order valence-electron chi connectivity index (χ0n) is 36.5. The highest BCUT2D eigenvalue weighted by Crippen LogP contribution is 2.49. The highest BCUT2D eigenvalue weighted by atomic mass is 32.1. The van der Waals surface area contributed by atoms with Crippen molar-refractivity contribution < 1.29 is 27.8 Å². The summed E-state index contributed by atoms with van der Waals surface area (Å²) in [5.41, 5.74) is 11.8. The van der Waals surface area contributed by atoms with E-state index in [-0.39, 0.29) is 12.6 Å². The third-order valence-electron chi connectivity index (χ3n) is 13.1. The minimum Gasteiger partial charge on any atom is -0.455 e. The molecule has 6 heterocycles. The first kappa shape index (κ1) is 39.8. The van der Waals surface area contributed by atoms with E-state index >= 15 is 0 Å². The second-order valence-corrected chi connectivity index (χ2v) is 19.3. The summed E-state index contributed by atoms with van der Waals surface area (Å²) in [4.78, 5) is 6.94. The predicted octanol–water partition coefficient (Wildman–Crippen LogP) is 16.6. The summed E-state index contributed by atoms with van der Waals surface area (Å²) < 4.78 is 38.7. The van der Waals surface area contributed by atoms with Crippen molar-refractivity contribution in [2.75, 3.05) is 36.2 Å². The van der Waals surface area contributed by atoms with E-state index < -0.39 is 0 Å². The van der Waals surface area contributed by atoms with Gasteiger partial charge in [0.2, 0.25) is 0 Å². The van der Waals surface area contributed by atoms with Gasteiger partial charge in [-0.15, -0.1) is 22.7 Å². The Balaban J connectivity index is 0.847. The number of hydrogen-bond acceptors (Lipinski definition) is 10. The monoisotopic (exact) mass is 924 g/mol. The molecule has 2 fully saturated rings. The lowest BCUT2D eigenvalue weighted by molar-refractivity contribution is -0.0443. The van der Waals surface area contributed by atoms with E-state index in [0.717, 1.165) is 97.5 Å². The van der Waals surface area contributed by atoms with Gasteiger partial charge in [-0.3, -0.25) is 0 Å². The zero-order valence-corrected chi connectivity index (χ0v) is 38.1. The molecule has 0 aliphatic carbocycles. The Labute approximate surface area is 398 Å². The molecule has 0 amide bonds. The molecule has 68 heavy (non-hydrogen) atoms. The number of thiophene rings is 2. The molecule has 2 aliphatic heterocycles. The standard InChI is InChI=1S/C58H40N2O6S2/c1-3-11-43-35(7-1)9-5-13-47(43)59(39-19-15-37(16-20-39)57-61-27-28-62-57)41-23-25-49-45(31-41)55-51(65-49)33-53(67-55)54-34-52-56(68-54)46-32-42(24-26-50(46)66-52)60(48-14-6-10-36-8-2-4-12-44(36)48)40-21-17-38(18-22-40)58-63-29-30-64-58/h1-26,31-34,57-58H,27-30H2. The van der Waals surface area contributed by atoms with E-state index in [0.29, 0.717) is 26.4 Å². The fraction of sp³-hybridized carbons (Fsp3) is 0.103. The summed E-state index contributed by atoms with van der Waals surface area (Å²) in [6.45, 7) is 2.41. The van der Waals surface area contributed by atoms with Crippen LogP contribution in [0.4, 0.5) is 34.1 Å². The topological polar surface area (TPSA) is 69.7 Å². The molecule has 2 saturated heterocycles. The maximum absolute atomic E-state index is 6.59. The van der Waals surface area contributed by atoms with Crippen LogP contribution in [-0.2, 0) is 18.9 Å². The lowest BCUT2D eigenvalue weighted by Crippen LogP contribution is -2.10. The van der Waals surface area contributed by atoms with Gasteiger partial charge >= 0.3 is 0 Å². The highest BCUT2D eigenvalue weighted by molar-refractivity contribution is 7.29. The molecule has 0 saturated carbocycles. The molecule has 0 N–H and O–H groups in total. The van der Waals surface area contributed by atoms with Crippen LogP contribution >= 0.6 is 22.7 Å². The van der Waals surface area contributed by atoms with Crippen LogP contribution in [0.25, 0.3) is 73.8 Å². The number of ether oxygens (including phenoxy) is 4. The smallest absolute Gasteiger partial charge is 0.184 e. The van der Waals surface area contributed by atoms with Crippen LogP contribution in [0.5, 0.6) is 0 Å². The van der Waals surface area contributed by atoms with Crippen molar-refractivity contribution in [1.29, 1.82) is 0 Å². The van der Waals surface area contributed by atoms with Crippen LogP contribution in [-0.4, -0.2) is 26.4 Å². The van der Waals surface area contributed by atoms with Crippen molar-refractivity contribution in [3.05, 3.63) is 193 Å². The fourth-order valence-electron chi connectivity index (χ4n) is 9.93. The SMILES string of the molecule is c1ccc2c(N(c3ccc(C4OCCO4)cc3)c3ccc4oc5cc(-c6cc7oc8ccc(N(c9ccc(C%10OCCO%10)cc9)c9cccc%10ccccc9%10)cc8c7s6)sc5c4c3)cccc2c1. The number of anilines is 6. The average molecular weight is 925 g/mol. The molecular formula is C58H40N2O6S2. The molecule has 14 rings (SSSR count). The minimum absolute atomic E-state index is 0.338. The Kier molecular flexibility index (Phi) is 9.50. The van der Waals surface area contributed by atoms with Crippen LogP contribution in [0, 0.1) is 0 Å². The van der Waals surface area contributed by atoms with Crippen molar-refractivity contribution in [2.24, 2.45) is 0 Å². The van der Waals surface area contributed by atoms with Crippen molar-refractivity contribution in [2.45, 2.75) is 12.6 Å². The van der Waals surface area contributed by atoms with E-state index in [1.54, 1.807) is 22.7 Å². The van der Waals surface area contributed by atoms with Crippen LogP contribution in [0.3, 0.4) is 0 Å². The summed E-state index contributed by atoms with van der Waals surface area (Å²) >= 11 is 3.52. The summed E-state index contributed by atoms with van der Waals surface area (Å²) in [6.07, 6.45) is -0.675. The molecule has 8 nitrogen and oxygen atoms in total. The lowest BCUT2D eigenvalue weighted by atomic mass is 10.1. The minimum atomic E-state index is -0.338. The van der Waals surface area contributed by atoms with Crippen molar-refractivity contribution in [3.8, 4) is 9.75 Å². The van der Waals surface area contributed by atoms with Gasteiger partial charge < -0.3 is 37.6 Å². The Morgan fingerprint density at radius 3 is 1.19 bits per heavy atom. The first-order chi connectivity index (χ1) is 33.7. The third-order valence-corrected chi connectivity index (χ3v) is 15.6. The molecule has 0 spiro atoms. The molecule has 10 heteroatoms. The number of fused-ring (bicyclic) bond motifs is 8. The second-order valence-electron chi connectivity index (χ2n) is 17.2. The van der Waals surface area contributed by atoms with E-state index in [1.165, 1.54) is 21.5 Å². The van der Waals surface area contributed by atoms with E-state index in [1.807, 2.05) is 0 Å². The molecule has 0 bridgehead atoms. The zero-order chi connectivity index (χ0) is 44.7. The molecular weight excluding hydrogens is 885 g/mol. The van der Waals surface area contributed by atoms with Gasteiger partial charge in [0.15, 0.2) is 12.6 Å². The Bertz CT molecular complexity index is 3590. The molecule has 0 atom stereocenters. The summed E-state index contributed by atoms with van der Waals surface area (Å²) in [5.74, 6) is 0. The first-order valence-corrected chi connectivity index (χ1v) is 24.4. The largest absolute Gasteiger partial charge is 0.455 e.